The van der Waals surface area contributed by atoms with Crippen LogP contribution in [-0.2, 0) is 6.42 Å². The number of aromatic nitrogens is 2. The molecule has 17 heavy (non-hydrogen) atoms. The predicted molar refractivity (Wildman–Crippen MR) is 64.8 cm³/mol. The van der Waals surface area contributed by atoms with Crippen molar-refractivity contribution in [2.45, 2.75) is 57.4 Å². The Morgan fingerprint density at radius 1 is 1.24 bits per heavy atom. The third kappa shape index (κ3) is 2.68. The summed E-state index contributed by atoms with van der Waals surface area (Å²) in [5.41, 5.74) is 0. The summed E-state index contributed by atoms with van der Waals surface area (Å²) < 4.78 is 5.78. The van der Waals surface area contributed by atoms with E-state index in [0.717, 1.165) is 30.8 Å². The highest BCUT2D eigenvalue weighted by Gasteiger charge is 2.29. The molecule has 4 heteroatoms. The fourth-order valence-corrected chi connectivity index (χ4v) is 2.70. The summed E-state index contributed by atoms with van der Waals surface area (Å²) in [5.74, 6) is 2.88. The van der Waals surface area contributed by atoms with Crippen LogP contribution in [0.2, 0.25) is 0 Å². The van der Waals surface area contributed by atoms with Crippen molar-refractivity contribution in [1.82, 2.24) is 15.5 Å². The molecule has 0 spiro atoms. The lowest BCUT2D eigenvalue weighted by Crippen LogP contribution is -2.19. The van der Waals surface area contributed by atoms with Gasteiger partial charge in [-0.25, -0.2) is 0 Å². The molecule has 1 aromatic heterocycles. The Hall–Kier alpha value is -0.900. The maximum atomic E-state index is 5.78. The van der Waals surface area contributed by atoms with Crippen molar-refractivity contribution in [2.75, 3.05) is 6.54 Å². The van der Waals surface area contributed by atoms with Crippen molar-refractivity contribution in [2.24, 2.45) is 5.92 Å². The van der Waals surface area contributed by atoms with Gasteiger partial charge < -0.3 is 9.73 Å². The number of hydrogen-bond donors (Lipinski definition) is 1. The first-order valence-corrected chi connectivity index (χ1v) is 6.88. The molecule has 2 fully saturated rings. The highest BCUT2D eigenvalue weighted by molar-refractivity contribution is 4.97. The van der Waals surface area contributed by atoms with Crippen LogP contribution in [0.25, 0.3) is 0 Å². The number of hydrogen-bond acceptors (Lipinski definition) is 4. The Bertz CT molecular complexity index is 372. The number of rotatable bonds is 5. The molecule has 2 aliphatic carbocycles. The highest BCUT2D eigenvalue weighted by atomic mass is 16.4. The molecule has 2 aliphatic rings. The largest absolute Gasteiger partial charge is 0.425 e. The second-order valence-electron chi connectivity index (χ2n) is 5.53. The van der Waals surface area contributed by atoms with Crippen molar-refractivity contribution in [1.29, 1.82) is 0 Å². The molecule has 94 valence electrons. The molecule has 0 radical (unpaired) electrons. The smallest absolute Gasteiger partial charge is 0.219 e. The fraction of sp³-hybridized carbons (Fsp3) is 0.846. The van der Waals surface area contributed by atoms with Gasteiger partial charge in [-0.3, -0.25) is 0 Å². The van der Waals surface area contributed by atoms with Crippen molar-refractivity contribution in [3.05, 3.63) is 11.8 Å². The topological polar surface area (TPSA) is 51.0 Å². The van der Waals surface area contributed by atoms with Crippen LogP contribution in [0.4, 0.5) is 0 Å². The molecule has 2 saturated carbocycles. The number of nitrogens with one attached hydrogen (secondary N) is 1. The minimum Gasteiger partial charge on any atom is -0.425 e. The maximum Gasteiger partial charge on any atom is 0.219 e. The Balaban J connectivity index is 1.53. The average molecular weight is 235 g/mol. The SMILES string of the molecule is CC1CCCC1c1nnc(CCNC2CC2)o1. The van der Waals surface area contributed by atoms with Gasteiger partial charge in [-0.2, -0.15) is 0 Å². The first kappa shape index (κ1) is 11.2. The van der Waals surface area contributed by atoms with Crippen LogP contribution in [0, 0.1) is 5.92 Å². The molecule has 1 N–H and O–H groups in total. The van der Waals surface area contributed by atoms with Gasteiger partial charge in [0.25, 0.3) is 0 Å². The van der Waals surface area contributed by atoms with E-state index in [0.29, 0.717) is 11.8 Å². The summed E-state index contributed by atoms with van der Waals surface area (Å²) in [5, 5.41) is 11.8. The third-order valence-electron chi connectivity index (χ3n) is 4.01. The molecular formula is C13H21N3O. The van der Waals surface area contributed by atoms with Gasteiger partial charge in [0.1, 0.15) is 0 Å². The maximum absolute atomic E-state index is 5.78. The van der Waals surface area contributed by atoms with E-state index < -0.39 is 0 Å². The van der Waals surface area contributed by atoms with Crippen LogP contribution in [0.3, 0.4) is 0 Å². The predicted octanol–water partition coefficient (Wildman–Crippen LogP) is 2.27. The number of nitrogens with zero attached hydrogens (tertiary/aromatic N) is 2. The zero-order valence-corrected chi connectivity index (χ0v) is 10.5. The van der Waals surface area contributed by atoms with Crippen LogP contribution in [-0.4, -0.2) is 22.8 Å². The molecule has 1 aromatic rings. The Morgan fingerprint density at radius 3 is 2.82 bits per heavy atom. The van der Waals surface area contributed by atoms with Gasteiger partial charge in [-0.1, -0.05) is 13.3 Å². The fourth-order valence-electron chi connectivity index (χ4n) is 2.70. The summed E-state index contributed by atoms with van der Waals surface area (Å²) in [6, 6.07) is 0.757. The van der Waals surface area contributed by atoms with Gasteiger partial charge in [-0.15, -0.1) is 10.2 Å². The molecule has 0 aliphatic heterocycles. The molecule has 2 atom stereocenters. The van der Waals surface area contributed by atoms with Gasteiger partial charge in [-0.05, 0) is 31.6 Å². The van der Waals surface area contributed by atoms with Crippen molar-refractivity contribution in [3.63, 3.8) is 0 Å². The Morgan fingerprint density at radius 2 is 2.12 bits per heavy atom. The van der Waals surface area contributed by atoms with Crippen LogP contribution in [0.15, 0.2) is 4.42 Å². The molecule has 3 rings (SSSR count). The lowest BCUT2D eigenvalue weighted by Gasteiger charge is -2.09. The van der Waals surface area contributed by atoms with Crippen molar-refractivity contribution in [3.8, 4) is 0 Å². The normalized spacial score (nSPS) is 28.8. The second kappa shape index (κ2) is 4.77. The minimum atomic E-state index is 0.507. The molecule has 2 unspecified atom stereocenters. The van der Waals surface area contributed by atoms with Crippen LogP contribution < -0.4 is 5.32 Å². The summed E-state index contributed by atoms with van der Waals surface area (Å²) >= 11 is 0. The summed E-state index contributed by atoms with van der Waals surface area (Å²) in [4.78, 5) is 0. The van der Waals surface area contributed by atoms with Crippen LogP contribution in [0.1, 0.15) is 56.7 Å². The monoisotopic (exact) mass is 235 g/mol. The highest BCUT2D eigenvalue weighted by Crippen LogP contribution is 2.38. The second-order valence-corrected chi connectivity index (χ2v) is 5.53. The van der Waals surface area contributed by atoms with E-state index >= 15 is 0 Å². The molecule has 0 amide bonds. The van der Waals surface area contributed by atoms with E-state index in [9.17, 15) is 0 Å². The van der Waals surface area contributed by atoms with Crippen LogP contribution in [0.5, 0.6) is 0 Å². The lowest BCUT2D eigenvalue weighted by atomic mass is 9.98. The zero-order chi connectivity index (χ0) is 11.7. The van der Waals surface area contributed by atoms with Crippen molar-refractivity contribution < 1.29 is 4.42 Å². The molecular weight excluding hydrogens is 214 g/mol. The summed E-state index contributed by atoms with van der Waals surface area (Å²) in [7, 11) is 0. The molecule has 4 nitrogen and oxygen atoms in total. The third-order valence-corrected chi connectivity index (χ3v) is 4.01. The van der Waals surface area contributed by atoms with Gasteiger partial charge in [0.05, 0.1) is 0 Å². The van der Waals surface area contributed by atoms with Gasteiger partial charge in [0.15, 0.2) is 0 Å². The Labute approximate surface area is 102 Å². The average Bonchev–Trinajstić information content (AvgIpc) is 2.85. The molecule has 1 heterocycles. The van der Waals surface area contributed by atoms with Gasteiger partial charge in [0, 0.05) is 24.9 Å². The molecule has 0 saturated heterocycles. The van der Waals surface area contributed by atoms with E-state index in [-0.39, 0.29) is 0 Å². The summed E-state index contributed by atoms with van der Waals surface area (Å²) in [6.07, 6.45) is 7.33. The summed E-state index contributed by atoms with van der Waals surface area (Å²) in [6.45, 7) is 3.25. The first-order chi connectivity index (χ1) is 8.33. The molecule has 0 bridgehead atoms. The lowest BCUT2D eigenvalue weighted by molar-refractivity contribution is 0.378. The van der Waals surface area contributed by atoms with Gasteiger partial charge >= 0.3 is 0 Å². The quantitative estimate of drug-likeness (QED) is 0.850. The molecule has 0 aromatic carbocycles. The zero-order valence-electron chi connectivity index (χ0n) is 10.5. The minimum absolute atomic E-state index is 0.507. The van der Waals surface area contributed by atoms with E-state index in [4.69, 9.17) is 4.42 Å². The van der Waals surface area contributed by atoms with Crippen molar-refractivity contribution >= 4 is 0 Å². The first-order valence-electron chi connectivity index (χ1n) is 6.88. The van der Waals surface area contributed by atoms with E-state index in [1.165, 1.54) is 32.1 Å². The standard InChI is InChI=1S/C13H21N3O/c1-9-3-2-4-11(9)13-16-15-12(17-13)7-8-14-10-5-6-10/h9-11,14H,2-8H2,1H3. The Kier molecular flexibility index (Phi) is 3.14. The van der Waals surface area contributed by atoms with Gasteiger partial charge in [0.2, 0.25) is 11.8 Å². The van der Waals surface area contributed by atoms with E-state index in [1.54, 1.807) is 0 Å². The van der Waals surface area contributed by atoms with E-state index in [1.807, 2.05) is 0 Å². The van der Waals surface area contributed by atoms with E-state index in [2.05, 4.69) is 22.4 Å². The van der Waals surface area contributed by atoms with Crippen LogP contribution >= 0.6 is 0 Å².